The molecule has 0 N–H and O–H groups in total. The van der Waals surface area contributed by atoms with Gasteiger partial charge in [-0.2, -0.15) is 0 Å². The Bertz CT molecular complexity index is 576. The number of benzene rings is 2. The smallest absolute Gasteiger partial charge is 0.193 e. The lowest BCUT2D eigenvalue weighted by molar-refractivity contribution is 0.0992. The number of ketones is 2. The van der Waals surface area contributed by atoms with Gasteiger partial charge in [-0.05, 0) is 0 Å². The van der Waals surface area contributed by atoms with E-state index >= 15 is 0 Å². The highest BCUT2D eigenvalue weighted by Crippen LogP contribution is 2.15. The van der Waals surface area contributed by atoms with Crippen LogP contribution < -0.4 is 0 Å². The SMILES string of the molecule is O=C(CCl)c1ccccc1C(=O)c1ccccc1. The lowest BCUT2D eigenvalue weighted by atomic mass is 9.96. The molecule has 0 aromatic heterocycles. The Morgan fingerprint density at radius 1 is 0.833 bits per heavy atom. The van der Waals surface area contributed by atoms with Crippen LogP contribution in [0.3, 0.4) is 0 Å². The number of rotatable bonds is 4. The summed E-state index contributed by atoms with van der Waals surface area (Å²) in [5.41, 5.74) is 1.34. The summed E-state index contributed by atoms with van der Waals surface area (Å²) >= 11 is 5.55. The number of carbonyl (C=O) groups is 2. The van der Waals surface area contributed by atoms with Crippen molar-refractivity contribution >= 4 is 23.2 Å². The van der Waals surface area contributed by atoms with Crippen molar-refractivity contribution in [3.63, 3.8) is 0 Å². The zero-order valence-electron chi connectivity index (χ0n) is 9.60. The third-order valence-corrected chi connectivity index (χ3v) is 2.87. The highest BCUT2D eigenvalue weighted by molar-refractivity contribution is 6.31. The van der Waals surface area contributed by atoms with Gasteiger partial charge < -0.3 is 0 Å². The third kappa shape index (κ3) is 2.49. The van der Waals surface area contributed by atoms with Gasteiger partial charge in [0.05, 0.1) is 5.88 Å². The molecule has 0 aliphatic rings. The molecule has 0 heterocycles. The van der Waals surface area contributed by atoms with E-state index in [4.69, 9.17) is 11.6 Å². The minimum Gasteiger partial charge on any atom is -0.293 e. The Kier molecular flexibility index (Phi) is 3.90. The fraction of sp³-hybridized carbons (Fsp3) is 0.0667. The van der Waals surface area contributed by atoms with Gasteiger partial charge in [-0.3, -0.25) is 9.59 Å². The molecule has 0 bridgehead atoms. The first-order valence-corrected chi connectivity index (χ1v) is 6.05. The van der Waals surface area contributed by atoms with E-state index in [1.165, 1.54) is 0 Å². The van der Waals surface area contributed by atoms with Crippen molar-refractivity contribution in [1.29, 1.82) is 0 Å². The van der Waals surface area contributed by atoms with Gasteiger partial charge in [0, 0.05) is 16.7 Å². The summed E-state index contributed by atoms with van der Waals surface area (Å²) in [4.78, 5) is 24.0. The highest BCUT2D eigenvalue weighted by atomic mass is 35.5. The Morgan fingerprint density at radius 3 is 2.00 bits per heavy atom. The number of carbonyl (C=O) groups excluding carboxylic acids is 2. The molecular formula is C15H11ClO2. The van der Waals surface area contributed by atoms with Crippen LogP contribution in [-0.4, -0.2) is 17.4 Å². The summed E-state index contributed by atoms with van der Waals surface area (Å²) in [6.45, 7) is 0. The van der Waals surface area contributed by atoms with Gasteiger partial charge in [0.25, 0.3) is 0 Å². The second kappa shape index (κ2) is 5.61. The zero-order valence-corrected chi connectivity index (χ0v) is 10.4. The number of hydrogen-bond acceptors (Lipinski definition) is 2. The minimum atomic E-state index is -0.239. The second-order valence-electron chi connectivity index (χ2n) is 3.80. The van der Waals surface area contributed by atoms with Crippen LogP contribution in [0.25, 0.3) is 0 Å². The van der Waals surface area contributed by atoms with Crippen LogP contribution in [0.5, 0.6) is 0 Å². The van der Waals surface area contributed by atoms with E-state index in [2.05, 4.69) is 0 Å². The van der Waals surface area contributed by atoms with Crippen molar-refractivity contribution in [1.82, 2.24) is 0 Å². The van der Waals surface area contributed by atoms with Crippen LogP contribution in [0.4, 0.5) is 0 Å². The fourth-order valence-corrected chi connectivity index (χ4v) is 1.89. The maximum Gasteiger partial charge on any atom is 0.193 e. The molecule has 18 heavy (non-hydrogen) atoms. The molecule has 0 saturated carbocycles. The largest absolute Gasteiger partial charge is 0.293 e. The van der Waals surface area contributed by atoms with E-state index in [-0.39, 0.29) is 17.4 Å². The first-order chi connectivity index (χ1) is 8.74. The molecule has 3 heteroatoms. The Hall–Kier alpha value is -1.93. The van der Waals surface area contributed by atoms with Crippen LogP contribution in [0.1, 0.15) is 26.3 Å². The maximum atomic E-state index is 12.3. The molecule has 2 aromatic rings. The molecule has 0 fully saturated rings. The summed E-state index contributed by atoms with van der Waals surface area (Å²) in [7, 11) is 0. The molecule has 0 radical (unpaired) electrons. The molecule has 2 aromatic carbocycles. The van der Waals surface area contributed by atoms with Gasteiger partial charge >= 0.3 is 0 Å². The van der Waals surface area contributed by atoms with Crippen molar-refractivity contribution in [2.24, 2.45) is 0 Å². The Labute approximate surface area is 110 Å². The first kappa shape index (κ1) is 12.5. The number of halogens is 1. The van der Waals surface area contributed by atoms with Gasteiger partial charge in [0.1, 0.15) is 0 Å². The monoisotopic (exact) mass is 258 g/mol. The predicted molar refractivity (Wildman–Crippen MR) is 71.4 cm³/mol. The van der Waals surface area contributed by atoms with Crippen molar-refractivity contribution < 1.29 is 9.59 Å². The average Bonchev–Trinajstić information content (AvgIpc) is 2.46. The molecule has 2 rings (SSSR count). The normalized spacial score (nSPS) is 10.1. The Balaban J connectivity index is 2.46. The van der Waals surface area contributed by atoms with E-state index in [0.29, 0.717) is 16.7 Å². The lowest BCUT2D eigenvalue weighted by Gasteiger charge is -2.06. The molecule has 0 saturated heterocycles. The molecule has 90 valence electrons. The van der Waals surface area contributed by atoms with Crippen molar-refractivity contribution in [3.05, 3.63) is 71.3 Å². The van der Waals surface area contributed by atoms with Crippen molar-refractivity contribution in [3.8, 4) is 0 Å². The topological polar surface area (TPSA) is 34.1 Å². The fourth-order valence-electron chi connectivity index (χ4n) is 1.74. The van der Waals surface area contributed by atoms with E-state index < -0.39 is 0 Å². The van der Waals surface area contributed by atoms with Crippen LogP contribution in [0.2, 0.25) is 0 Å². The van der Waals surface area contributed by atoms with E-state index in [9.17, 15) is 9.59 Å². The lowest BCUT2D eigenvalue weighted by Crippen LogP contribution is -2.10. The van der Waals surface area contributed by atoms with Crippen LogP contribution >= 0.6 is 11.6 Å². The average molecular weight is 259 g/mol. The quantitative estimate of drug-likeness (QED) is 0.623. The van der Waals surface area contributed by atoms with Gasteiger partial charge in [0.15, 0.2) is 11.6 Å². The summed E-state index contributed by atoms with van der Waals surface area (Å²) < 4.78 is 0. The third-order valence-electron chi connectivity index (χ3n) is 2.63. The van der Waals surface area contributed by atoms with Gasteiger partial charge in [0.2, 0.25) is 0 Å². The first-order valence-electron chi connectivity index (χ1n) is 5.52. The summed E-state index contributed by atoms with van der Waals surface area (Å²) in [5, 5.41) is 0. The molecule has 0 atom stereocenters. The zero-order chi connectivity index (χ0) is 13.0. The molecule has 0 spiro atoms. The van der Waals surface area contributed by atoms with Crippen LogP contribution in [0.15, 0.2) is 54.6 Å². The van der Waals surface area contributed by atoms with E-state index in [1.54, 1.807) is 48.5 Å². The van der Waals surface area contributed by atoms with Crippen molar-refractivity contribution in [2.75, 3.05) is 5.88 Å². The number of Topliss-reactive ketones (excluding diaryl/α,β-unsaturated/α-hetero) is 1. The summed E-state index contributed by atoms with van der Waals surface area (Å²) in [6, 6.07) is 15.6. The van der Waals surface area contributed by atoms with E-state index in [0.717, 1.165) is 0 Å². The summed E-state index contributed by atoms with van der Waals surface area (Å²) in [6.07, 6.45) is 0. The minimum absolute atomic E-state index is 0.126. The number of hydrogen-bond donors (Lipinski definition) is 0. The van der Waals surface area contributed by atoms with Gasteiger partial charge in [-0.25, -0.2) is 0 Å². The number of alkyl halides is 1. The highest BCUT2D eigenvalue weighted by Gasteiger charge is 2.16. The molecule has 0 aliphatic carbocycles. The molecule has 0 amide bonds. The predicted octanol–water partition coefficient (Wildman–Crippen LogP) is 3.34. The maximum absolute atomic E-state index is 12.3. The van der Waals surface area contributed by atoms with Crippen molar-refractivity contribution in [2.45, 2.75) is 0 Å². The molecule has 0 aliphatic heterocycles. The van der Waals surface area contributed by atoms with E-state index in [1.807, 2.05) is 6.07 Å². The summed E-state index contributed by atoms with van der Waals surface area (Å²) in [5.74, 6) is -0.528. The Morgan fingerprint density at radius 2 is 1.39 bits per heavy atom. The van der Waals surface area contributed by atoms with Gasteiger partial charge in [-0.15, -0.1) is 11.6 Å². The molecular weight excluding hydrogens is 248 g/mol. The second-order valence-corrected chi connectivity index (χ2v) is 4.06. The molecule has 0 unspecified atom stereocenters. The van der Waals surface area contributed by atoms with Gasteiger partial charge in [-0.1, -0.05) is 54.6 Å². The molecule has 2 nitrogen and oxygen atoms in total. The van der Waals surface area contributed by atoms with Crippen LogP contribution in [0, 0.1) is 0 Å². The standard InChI is InChI=1S/C15H11ClO2/c16-10-14(17)12-8-4-5-9-13(12)15(18)11-6-2-1-3-7-11/h1-9H,10H2. The van der Waals surface area contributed by atoms with Crippen LogP contribution in [-0.2, 0) is 0 Å².